The van der Waals surface area contributed by atoms with Crippen LogP contribution in [0.25, 0.3) is 10.8 Å². The molecule has 0 spiro atoms. The summed E-state index contributed by atoms with van der Waals surface area (Å²) in [5, 5.41) is 8.67. The molecule has 152 valence electrons. The van der Waals surface area contributed by atoms with Crippen LogP contribution in [0.2, 0.25) is 5.02 Å². The number of unbranched alkanes of at least 4 members (excludes halogenated alkanes) is 1. The standard InChI is InChI=1S/C22H30ClN3O2/c1-3-5-13-26(12-4-2)21(27)16-24-10-11-25-22(28)19-7-6-18-15-20(23)9-8-17(18)14-19/h6-9,14-15,24H,3-5,10-13,16H2,1-2H3,(H,25,28). The zero-order valence-corrected chi connectivity index (χ0v) is 17.5. The van der Waals surface area contributed by atoms with Gasteiger partial charge in [0.15, 0.2) is 0 Å². The Morgan fingerprint density at radius 1 is 0.964 bits per heavy atom. The van der Waals surface area contributed by atoms with Gasteiger partial charge in [0.25, 0.3) is 5.91 Å². The summed E-state index contributed by atoms with van der Waals surface area (Å²) in [6.45, 7) is 7.13. The highest BCUT2D eigenvalue weighted by molar-refractivity contribution is 6.31. The molecule has 6 heteroatoms. The minimum Gasteiger partial charge on any atom is -0.351 e. The van der Waals surface area contributed by atoms with Crippen molar-refractivity contribution in [3.05, 3.63) is 47.0 Å². The highest BCUT2D eigenvalue weighted by Crippen LogP contribution is 2.20. The summed E-state index contributed by atoms with van der Waals surface area (Å²) in [5.74, 6) is -0.00431. The number of nitrogens with zero attached hydrogens (tertiary/aromatic N) is 1. The van der Waals surface area contributed by atoms with Gasteiger partial charge < -0.3 is 15.5 Å². The Balaban J connectivity index is 1.74. The van der Waals surface area contributed by atoms with Crippen molar-refractivity contribution in [2.24, 2.45) is 0 Å². The lowest BCUT2D eigenvalue weighted by Crippen LogP contribution is -2.41. The van der Waals surface area contributed by atoms with Crippen LogP contribution < -0.4 is 10.6 Å². The molecule has 2 rings (SSSR count). The Morgan fingerprint density at radius 3 is 2.46 bits per heavy atom. The lowest BCUT2D eigenvalue weighted by Gasteiger charge is -2.22. The minimum atomic E-state index is -0.125. The van der Waals surface area contributed by atoms with Gasteiger partial charge >= 0.3 is 0 Å². The van der Waals surface area contributed by atoms with Gasteiger partial charge in [-0.15, -0.1) is 0 Å². The Hall–Kier alpha value is -2.11. The number of halogens is 1. The van der Waals surface area contributed by atoms with Gasteiger partial charge in [0.1, 0.15) is 0 Å². The molecule has 0 aliphatic heterocycles. The Bertz CT molecular complexity index is 794. The van der Waals surface area contributed by atoms with E-state index in [2.05, 4.69) is 24.5 Å². The van der Waals surface area contributed by atoms with Gasteiger partial charge in [-0.1, -0.05) is 44.0 Å². The summed E-state index contributed by atoms with van der Waals surface area (Å²) in [5.41, 5.74) is 0.611. The van der Waals surface area contributed by atoms with E-state index in [9.17, 15) is 9.59 Å². The Kier molecular flexibility index (Phi) is 9.24. The molecule has 5 nitrogen and oxygen atoms in total. The number of carbonyl (C=O) groups excluding carboxylic acids is 2. The number of hydrogen-bond acceptors (Lipinski definition) is 3. The highest BCUT2D eigenvalue weighted by atomic mass is 35.5. The van der Waals surface area contributed by atoms with Gasteiger partial charge in [0.05, 0.1) is 6.54 Å². The zero-order chi connectivity index (χ0) is 20.4. The smallest absolute Gasteiger partial charge is 0.251 e. The van der Waals surface area contributed by atoms with E-state index in [1.807, 2.05) is 35.2 Å². The van der Waals surface area contributed by atoms with Crippen molar-refractivity contribution in [3.63, 3.8) is 0 Å². The van der Waals surface area contributed by atoms with Crippen molar-refractivity contribution < 1.29 is 9.59 Å². The molecule has 0 unspecified atom stereocenters. The third kappa shape index (κ3) is 6.80. The molecule has 0 fully saturated rings. The van der Waals surface area contributed by atoms with Crippen LogP contribution in [0.15, 0.2) is 36.4 Å². The maximum atomic E-state index is 12.3. The third-order valence-corrected chi connectivity index (χ3v) is 4.79. The Morgan fingerprint density at radius 2 is 1.71 bits per heavy atom. The molecule has 2 aromatic carbocycles. The van der Waals surface area contributed by atoms with E-state index in [-0.39, 0.29) is 11.8 Å². The van der Waals surface area contributed by atoms with Crippen LogP contribution in [0.5, 0.6) is 0 Å². The summed E-state index contributed by atoms with van der Waals surface area (Å²) < 4.78 is 0. The molecule has 0 atom stereocenters. The molecular weight excluding hydrogens is 374 g/mol. The Labute approximate surface area is 172 Å². The number of benzene rings is 2. The summed E-state index contributed by atoms with van der Waals surface area (Å²) in [6, 6.07) is 11.1. The first-order valence-electron chi connectivity index (χ1n) is 10.0. The fourth-order valence-corrected chi connectivity index (χ4v) is 3.19. The normalized spacial score (nSPS) is 10.8. The number of rotatable bonds is 11. The van der Waals surface area contributed by atoms with Crippen LogP contribution >= 0.6 is 11.6 Å². The molecule has 2 amide bonds. The SMILES string of the molecule is CCCCN(CCC)C(=O)CNCCNC(=O)c1ccc2cc(Cl)ccc2c1. The average Bonchev–Trinajstić information content (AvgIpc) is 2.70. The quantitative estimate of drug-likeness (QED) is 0.560. The van der Waals surface area contributed by atoms with E-state index in [0.717, 1.165) is 43.1 Å². The van der Waals surface area contributed by atoms with Crippen molar-refractivity contribution in [1.82, 2.24) is 15.5 Å². The minimum absolute atomic E-state index is 0.120. The largest absolute Gasteiger partial charge is 0.351 e. The molecule has 28 heavy (non-hydrogen) atoms. The number of fused-ring (bicyclic) bond motifs is 1. The van der Waals surface area contributed by atoms with Gasteiger partial charge in [-0.25, -0.2) is 0 Å². The van der Waals surface area contributed by atoms with Crippen LogP contribution in [0, 0.1) is 0 Å². The molecule has 0 aromatic heterocycles. The molecule has 2 aromatic rings. The van der Waals surface area contributed by atoms with Crippen LogP contribution in [0.3, 0.4) is 0 Å². The molecule has 2 N–H and O–H groups in total. The summed E-state index contributed by atoms with van der Waals surface area (Å²) in [7, 11) is 0. The van der Waals surface area contributed by atoms with Gasteiger partial charge in [-0.3, -0.25) is 9.59 Å². The van der Waals surface area contributed by atoms with Gasteiger partial charge in [0, 0.05) is 36.8 Å². The third-order valence-electron chi connectivity index (χ3n) is 4.56. The molecule has 0 aliphatic rings. The van der Waals surface area contributed by atoms with E-state index in [1.165, 1.54) is 0 Å². The second-order valence-electron chi connectivity index (χ2n) is 6.87. The summed E-state index contributed by atoms with van der Waals surface area (Å²) >= 11 is 5.99. The molecule has 0 saturated carbocycles. The van der Waals surface area contributed by atoms with Crippen LogP contribution in [0.4, 0.5) is 0 Å². The van der Waals surface area contributed by atoms with Gasteiger partial charge in [-0.05, 0) is 47.9 Å². The van der Waals surface area contributed by atoms with Gasteiger partial charge in [0.2, 0.25) is 5.91 Å². The molecular formula is C22H30ClN3O2. The zero-order valence-electron chi connectivity index (χ0n) is 16.8. The summed E-state index contributed by atoms with van der Waals surface area (Å²) in [4.78, 5) is 26.5. The van der Waals surface area contributed by atoms with E-state index in [4.69, 9.17) is 11.6 Å². The van der Waals surface area contributed by atoms with Crippen molar-refractivity contribution in [2.45, 2.75) is 33.1 Å². The number of nitrogens with one attached hydrogen (secondary N) is 2. The van der Waals surface area contributed by atoms with Crippen molar-refractivity contribution in [3.8, 4) is 0 Å². The molecule has 0 heterocycles. The average molecular weight is 404 g/mol. The number of hydrogen-bond donors (Lipinski definition) is 2. The summed E-state index contributed by atoms with van der Waals surface area (Å²) in [6.07, 6.45) is 3.07. The van der Waals surface area contributed by atoms with Gasteiger partial charge in [-0.2, -0.15) is 0 Å². The van der Waals surface area contributed by atoms with E-state index in [0.29, 0.717) is 30.2 Å². The maximum Gasteiger partial charge on any atom is 0.251 e. The van der Waals surface area contributed by atoms with Crippen molar-refractivity contribution in [2.75, 3.05) is 32.7 Å². The molecule has 0 aliphatic carbocycles. The lowest BCUT2D eigenvalue weighted by molar-refractivity contribution is -0.130. The topological polar surface area (TPSA) is 61.4 Å². The maximum absolute atomic E-state index is 12.3. The van der Waals surface area contributed by atoms with Crippen molar-refractivity contribution in [1.29, 1.82) is 0 Å². The number of amides is 2. The predicted octanol–water partition coefficient (Wildman–Crippen LogP) is 3.85. The van der Waals surface area contributed by atoms with E-state index in [1.54, 1.807) is 6.07 Å². The molecule has 0 saturated heterocycles. The second kappa shape index (κ2) is 11.7. The van der Waals surface area contributed by atoms with E-state index < -0.39 is 0 Å². The first-order valence-corrected chi connectivity index (χ1v) is 10.4. The van der Waals surface area contributed by atoms with Crippen LogP contribution in [-0.2, 0) is 4.79 Å². The molecule has 0 radical (unpaired) electrons. The monoisotopic (exact) mass is 403 g/mol. The predicted molar refractivity (Wildman–Crippen MR) is 116 cm³/mol. The second-order valence-corrected chi connectivity index (χ2v) is 7.31. The van der Waals surface area contributed by atoms with Crippen LogP contribution in [-0.4, -0.2) is 49.4 Å². The fourth-order valence-electron chi connectivity index (χ4n) is 3.01. The highest BCUT2D eigenvalue weighted by Gasteiger charge is 2.11. The molecule has 0 bridgehead atoms. The van der Waals surface area contributed by atoms with Crippen molar-refractivity contribution >= 4 is 34.2 Å². The first-order chi connectivity index (χ1) is 13.5. The first kappa shape index (κ1) is 22.2. The van der Waals surface area contributed by atoms with E-state index >= 15 is 0 Å². The van der Waals surface area contributed by atoms with Crippen LogP contribution in [0.1, 0.15) is 43.5 Å². The lowest BCUT2D eigenvalue weighted by atomic mass is 10.1. The number of carbonyl (C=O) groups is 2. The fraction of sp³-hybridized carbons (Fsp3) is 0.455.